The zero-order chi connectivity index (χ0) is 17.8. The Bertz CT molecular complexity index is 871. The van der Waals surface area contributed by atoms with Crippen molar-refractivity contribution in [1.29, 1.82) is 0 Å². The van der Waals surface area contributed by atoms with Crippen LogP contribution in [0.25, 0.3) is 11.1 Å². The summed E-state index contributed by atoms with van der Waals surface area (Å²) in [5, 5.41) is 10.5. The van der Waals surface area contributed by atoms with Crippen LogP contribution in [0.2, 0.25) is 0 Å². The van der Waals surface area contributed by atoms with E-state index in [1.54, 1.807) is 6.20 Å². The van der Waals surface area contributed by atoms with Gasteiger partial charge in [0, 0.05) is 25.5 Å². The number of amides is 1. The van der Waals surface area contributed by atoms with Crippen LogP contribution in [-0.2, 0) is 17.9 Å². The molecule has 3 aromatic rings. The molecule has 4 rings (SSSR count). The van der Waals surface area contributed by atoms with Crippen LogP contribution >= 0.6 is 0 Å². The number of hydrogen-bond donors (Lipinski definition) is 2. The second-order valence-corrected chi connectivity index (χ2v) is 6.57. The molecule has 0 bridgehead atoms. The average molecular weight is 346 g/mol. The van der Waals surface area contributed by atoms with E-state index in [1.807, 2.05) is 23.0 Å². The fraction of sp³-hybridized carbons (Fsp3) is 0.238. The lowest BCUT2D eigenvalue weighted by molar-refractivity contribution is -0.120. The third kappa shape index (κ3) is 3.68. The molecule has 2 N–H and O–H groups in total. The monoisotopic (exact) mass is 346 g/mol. The maximum atomic E-state index is 11.7. The molecule has 2 heterocycles. The number of nitrogens with zero attached hydrogens (tertiary/aromatic N) is 2. The molecule has 1 saturated heterocycles. The smallest absolute Gasteiger partial charge is 0.237 e. The second kappa shape index (κ2) is 7.54. The van der Waals surface area contributed by atoms with E-state index in [0.29, 0.717) is 6.54 Å². The lowest BCUT2D eigenvalue weighted by atomic mass is 9.98. The lowest BCUT2D eigenvalue weighted by Crippen LogP contribution is -2.35. The molecule has 1 amide bonds. The lowest BCUT2D eigenvalue weighted by Gasteiger charge is -2.14. The molecule has 26 heavy (non-hydrogen) atoms. The predicted octanol–water partition coefficient (Wildman–Crippen LogP) is 2.58. The zero-order valence-electron chi connectivity index (χ0n) is 14.6. The van der Waals surface area contributed by atoms with Crippen LogP contribution in [-0.4, -0.2) is 28.3 Å². The molecule has 1 aliphatic rings. The van der Waals surface area contributed by atoms with Crippen LogP contribution < -0.4 is 10.6 Å². The maximum Gasteiger partial charge on any atom is 0.237 e. The molecule has 0 unspecified atom stereocenters. The van der Waals surface area contributed by atoms with E-state index in [-0.39, 0.29) is 11.9 Å². The summed E-state index contributed by atoms with van der Waals surface area (Å²) in [7, 11) is 0. The van der Waals surface area contributed by atoms with Gasteiger partial charge in [0.1, 0.15) is 0 Å². The Hall–Kier alpha value is -2.92. The van der Waals surface area contributed by atoms with Gasteiger partial charge in [0.25, 0.3) is 0 Å². The third-order valence-electron chi connectivity index (χ3n) is 4.77. The van der Waals surface area contributed by atoms with E-state index in [2.05, 4.69) is 58.2 Å². The van der Waals surface area contributed by atoms with Gasteiger partial charge < -0.3 is 10.6 Å². The van der Waals surface area contributed by atoms with Gasteiger partial charge in [0.05, 0.1) is 12.6 Å². The van der Waals surface area contributed by atoms with Crippen molar-refractivity contribution in [2.45, 2.75) is 25.6 Å². The first-order chi connectivity index (χ1) is 12.8. The molecule has 1 aliphatic heterocycles. The van der Waals surface area contributed by atoms with Crippen LogP contribution in [0.4, 0.5) is 0 Å². The van der Waals surface area contributed by atoms with Crippen molar-refractivity contribution in [3.05, 3.63) is 78.1 Å². The highest BCUT2D eigenvalue weighted by molar-refractivity contribution is 5.83. The van der Waals surface area contributed by atoms with Gasteiger partial charge >= 0.3 is 0 Å². The van der Waals surface area contributed by atoms with E-state index < -0.39 is 0 Å². The highest BCUT2D eigenvalue weighted by atomic mass is 16.2. The summed E-state index contributed by atoms with van der Waals surface area (Å²) in [6, 6.07) is 18.8. The van der Waals surface area contributed by atoms with E-state index in [0.717, 1.165) is 19.5 Å². The number of nitrogens with one attached hydrogen (secondary N) is 2. The molecule has 5 heteroatoms. The Morgan fingerprint density at radius 1 is 1.12 bits per heavy atom. The zero-order valence-corrected chi connectivity index (χ0v) is 14.6. The molecule has 0 spiro atoms. The topological polar surface area (TPSA) is 59.0 Å². The normalized spacial score (nSPS) is 16.6. The van der Waals surface area contributed by atoms with E-state index in [9.17, 15) is 4.79 Å². The Morgan fingerprint density at radius 2 is 1.96 bits per heavy atom. The number of aromatic nitrogens is 2. The standard InChI is InChI=1S/C21H22N4O/c26-21-20(10-12-22-21)23-14-18-4-1-2-5-19(18)17-8-6-16(7-9-17)15-25-13-3-11-24-25/h1-9,11,13,20,23H,10,12,14-15H2,(H,22,26)/t20-/m1/s1. The van der Waals surface area contributed by atoms with Crippen molar-refractivity contribution >= 4 is 5.91 Å². The van der Waals surface area contributed by atoms with Gasteiger partial charge in [-0.2, -0.15) is 5.10 Å². The number of hydrogen-bond acceptors (Lipinski definition) is 3. The fourth-order valence-corrected chi connectivity index (χ4v) is 3.35. The Labute approximate surface area is 153 Å². The SMILES string of the molecule is O=C1NCC[C@H]1NCc1ccccc1-c1ccc(Cn2cccn2)cc1. The first-order valence-corrected chi connectivity index (χ1v) is 8.95. The van der Waals surface area contributed by atoms with Crippen molar-refractivity contribution in [3.63, 3.8) is 0 Å². The highest BCUT2D eigenvalue weighted by Gasteiger charge is 2.23. The fourth-order valence-electron chi connectivity index (χ4n) is 3.35. The molecule has 2 aromatic carbocycles. The van der Waals surface area contributed by atoms with Crippen LogP contribution in [0.3, 0.4) is 0 Å². The summed E-state index contributed by atoms with van der Waals surface area (Å²) in [4.78, 5) is 11.7. The number of rotatable bonds is 6. The molecular formula is C21H22N4O. The van der Waals surface area contributed by atoms with Gasteiger partial charge in [-0.1, -0.05) is 48.5 Å². The molecule has 1 fully saturated rings. The molecule has 0 radical (unpaired) electrons. The van der Waals surface area contributed by atoms with Crippen molar-refractivity contribution < 1.29 is 4.79 Å². The molecule has 5 nitrogen and oxygen atoms in total. The summed E-state index contributed by atoms with van der Waals surface area (Å²) >= 11 is 0. The summed E-state index contributed by atoms with van der Waals surface area (Å²) in [6.07, 6.45) is 4.61. The summed E-state index contributed by atoms with van der Waals surface area (Å²) in [6.45, 7) is 2.21. The minimum absolute atomic E-state index is 0.0838. The van der Waals surface area contributed by atoms with Crippen LogP contribution in [0.15, 0.2) is 67.0 Å². The Morgan fingerprint density at radius 3 is 2.69 bits per heavy atom. The van der Waals surface area contributed by atoms with Gasteiger partial charge in [-0.15, -0.1) is 0 Å². The Kier molecular flexibility index (Phi) is 4.80. The van der Waals surface area contributed by atoms with Crippen LogP contribution in [0.1, 0.15) is 17.5 Å². The quantitative estimate of drug-likeness (QED) is 0.721. The van der Waals surface area contributed by atoms with Gasteiger partial charge in [0.2, 0.25) is 5.91 Å². The summed E-state index contributed by atoms with van der Waals surface area (Å²) in [5.41, 5.74) is 4.80. The van der Waals surface area contributed by atoms with Crippen molar-refractivity contribution in [2.75, 3.05) is 6.54 Å². The van der Waals surface area contributed by atoms with E-state index >= 15 is 0 Å². The van der Waals surface area contributed by atoms with Gasteiger partial charge in [-0.3, -0.25) is 9.48 Å². The second-order valence-electron chi connectivity index (χ2n) is 6.57. The van der Waals surface area contributed by atoms with Crippen LogP contribution in [0, 0.1) is 0 Å². The van der Waals surface area contributed by atoms with Crippen molar-refractivity contribution in [3.8, 4) is 11.1 Å². The molecule has 0 saturated carbocycles. The van der Waals surface area contributed by atoms with Gasteiger partial charge in [-0.25, -0.2) is 0 Å². The average Bonchev–Trinajstić information content (AvgIpc) is 3.33. The minimum Gasteiger partial charge on any atom is -0.355 e. The Balaban J connectivity index is 1.49. The molecule has 1 atom stereocenters. The molecule has 0 aliphatic carbocycles. The first-order valence-electron chi connectivity index (χ1n) is 8.95. The maximum absolute atomic E-state index is 11.7. The summed E-state index contributed by atoms with van der Waals surface area (Å²) in [5.74, 6) is 0.102. The molecule has 132 valence electrons. The third-order valence-corrected chi connectivity index (χ3v) is 4.77. The molecular weight excluding hydrogens is 324 g/mol. The number of carbonyl (C=O) groups is 1. The van der Waals surface area contributed by atoms with E-state index in [1.165, 1.54) is 22.3 Å². The van der Waals surface area contributed by atoms with E-state index in [4.69, 9.17) is 0 Å². The largest absolute Gasteiger partial charge is 0.355 e. The first kappa shape index (κ1) is 16.5. The van der Waals surface area contributed by atoms with Gasteiger partial charge in [0.15, 0.2) is 0 Å². The number of benzene rings is 2. The molecule has 1 aromatic heterocycles. The van der Waals surface area contributed by atoms with Crippen LogP contribution in [0.5, 0.6) is 0 Å². The van der Waals surface area contributed by atoms with Crippen molar-refractivity contribution in [2.24, 2.45) is 0 Å². The van der Waals surface area contributed by atoms with Gasteiger partial charge in [-0.05, 0) is 34.7 Å². The number of carbonyl (C=O) groups excluding carboxylic acids is 1. The minimum atomic E-state index is -0.0838. The van der Waals surface area contributed by atoms with Crippen molar-refractivity contribution in [1.82, 2.24) is 20.4 Å². The predicted molar refractivity (Wildman–Crippen MR) is 101 cm³/mol. The summed E-state index contributed by atoms with van der Waals surface area (Å²) < 4.78 is 1.92. The highest BCUT2D eigenvalue weighted by Crippen LogP contribution is 2.24.